The van der Waals surface area contributed by atoms with E-state index in [0.717, 1.165) is 64.3 Å². The van der Waals surface area contributed by atoms with E-state index in [2.05, 4.69) is 43.5 Å². The van der Waals surface area contributed by atoms with E-state index in [1.54, 1.807) is 24.4 Å². The van der Waals surface area contributed by atoms with Crippen molar-refractivity contribution >= 4 is 45.5 Å². The Kier molecular flexibility index (Phi) is 11.6. The minimum absolute atomic E-state index is 0.232. The first-order valence-corrected chi connectivity index (χ1v) is 16.9. The quantitative estimate of drug-likeness (QED) is 0.125. The summed E-state index contributed by atoms with van der Waals surface area (Å²) in [5.41, 5.74) is 3.39. The van der Waals surface area contributed by atoms with Crippen LogP contribution in [0.1, 0.15) is 30.5 Å². The van der Waals surface area contributed by atoms with Crippen LogP contribution < -0.4 is 20.1 Å². The van der Waals surface area contributed by atoms with Gasteiger partial charge in [0.15, 0.2) is 0 Å². The number of hydrogen-bond donors (Lipinski definition) is 2. The number of hydrogen-bond acceptors (Lipinski definition) is 10. The second kappa shape index (κ2) is 16.6. The Morgan fingerprint density at radius 3 is 2.76 bits per heavy atom. The zero-order valence-corrected chi connectivity index (χ0v) is 28.3. The molecule has 0 aliphatic carbocycles. The number of amides is 1. The highest BCUT2D eigenvalue weighted by Crippen LogP contribution is 2.37. The minimum Gasteiger partial charge on any atom is -0.491 e. The Balaban J connectivity index is 1.25. The van der Waals surface area contributed by atoms with Crippen molar-refractivity contribution in [2.45, 2.75) is 31.9 Å². The molecule has 1 atom stereocenters. The first kappa shape index (κ1) is 34.1. The van der Waals surface area contributed by atoms with Gasteiger partial charge in [0, 0.05) is 61.3 Å². The molecule has 0 bridgehead atoms. The van der Waals surface area contributed by atoms with E-state index in [1.165, 1.54) is 6.20 Å². The number of aromatic nitrogens is 2. The number of nitrogens with one attached hydrogen (secondary N) is 2. The summed E-state index contributed by atoms with van der Waals surface area (Å²) in [7, 11) is 2.07. The van der Waals surface area contributed by atoms with E-state index in [1.807, 2.05) is 42.5 Å². The van der Waals surface area contributed by atoms with Crippen LogP contribution in [0, 0.1) is 11.3 Å². The zero-order chi connectivity index (χ0) is 34.0. The molecule has 12 heteroatoms. The molecule has 2 saturated heterocycles. The maximum Gasteiger partial charge on any atom is 0.248 e. The van der Waals surface area contributed by atoms with Gasteiger partial charge in [0.05, 0.1) is 53.0 Å². The molecular weight excluding hydrogens is 642 g/mol. The first-order valence-electron chi connectivity index (χ1n) is 16.6. The molecule has 4 heterocycles. The lowest BCUT2D eigenvalue weighted by Gasteiger charge is -2.26. The molecule has 254 valence electrons. The third kappa shape index (κ3) is 9.04. The highest BCUT2D eigenvalue weighted by Gasteiger charge is 2.19. The Morgan fingerprint density at radius 1 is 1.12 bits per heavy atom. The molecule has 2 fully saturated rings. The standard InChI is InChI=1S/C37H40ClN7O4/c1-44-13-4-7-29(44)9-11-36(46)43-33-21-30-32(22-35(33)48-17-5-14-45-15-18-47-19-16-45)41-24-26(23-39)37(30)42-27-8-10-34(31(38)20-27)49-25-28-6-2-3-12-40-28/h2-3,6,8-12,20-22,24,29H,4-5,7,13-19,25H2,1H3,(H,41,42)(H,43,46)/b11-9+. The number of anilines is 3. The summed E-state index contributed by atoms with van der Waals surface area (Å²) in [6.07, 6.45) is 9.71. The van der Waals surface area contributed by atoms with E-state index in [4.69, 9.17) is 25.8 Å². The summed E-state index contributed by atoms with van der Waals surface area (Å²) in [6.45, 7) is 5.95. The number of nitrogens with zero attached hydrogens (tertiary/aromatic N) is 5. The number of likely N-dealkylation sites (tertiary alicyclic amines) is 1. The lowest BCUT2D eigenvalue weighted by Crippen LogP contribution is -2.37. The molecule has 2 aromatic heterocycles. The van der Waals surface area contributed by atoms with Gasteiger partial charge in [0.2, 0.25) is 5.91 Å². The van der Waals surface area contributed by atoms with E-state index in [-0.39, 0.29) is 18.6 Å². The third-order valence-corrected chi connectivity index (χ3v) is 8.97. The molecule has 1 amide bonds. The zero-order valence-electron chi connectivity index (χ0n) is 27.5. The van der Waals surface area contributed by atoms with Gasteiger partial charge in [-0.1, -0.05) is 23.7 Å². The van der Waals surface area contributed by atoms with E-state index in [9.17, 15) is 10.1 Å². The highest BCUT2D eigenvalue weighted by molar-refractivity contribution is 6.32. The van der Waals surface area contributed by atoms with Crippen LogP contribution in [0.3, 0.4) is 0 Å². The Labute approximate surface area is 291 Å². The fourth-order valence-electron chi connectivity index (χ4n) is 5.98. The fourth-order valence-corrected chi connectivity index (χ4v) is 6.21. The molecule has 2 aromatic carbocycles. The molecule has 2 N–H and O–H groups in total. The number of nitriles is 1. The molecule has 2 aliphatic rings. The summed E-state index contributed by atoms with van der Waals surface area (Å²) >= 11 is 6.61. The van der Waals surface area contributed by atoms with Crippen molar-refractivity contribution in [2.24, 2.45) is 0 Å². The van der Waals surface area contributed by atoms with Crippen molar-refractivity contribution < 1.29 is 19.0 Å². The van der Waals surface area contributed by atoms with Gasteiger partial charge in [-0.3, -0.25) is 24.6 Å². The van der Waals surface area contributed by atoms with Crippen LogP contribution in [0.4, 0.5) is 17.1 Å². The summed E-state index contributed by atoms with van der Waals surface area (Å²) in [5, 5.41) is 17.5. The van der Waals surface area contributed by atoms with Crippen molar-refractivity contribution in [3.05, 3.63) is 89.4 Å². The number of pyridine rings is 2. The lowest BCUT2D eigenvalue weighted by molar-refractivity contribution is -0.112. The average molecular weight is 682 g/mol. The van der Waals surface area contributed by atoms with Crippen LogP contribution in [0.25, 0.3) is 10.9 Å². The van der Waals surface area contributed by atoms with E-state index < -0.39 is 0 Å². The summed E-state index contributed by atoms with van der Waals surface area (Å²) in [5.74, 6) is 0.759. The fraction of sp³-hybridized carbons (Fsp3) is 0.351. The summed E-state index contributed by atoms with van der Waals surface area (Å²) in [6, 6.07) is 17.0. The predicted molar refractivity (Wildman–Crippen MR) is 191 cm³/mol. The average Bonchev–Trinajstić information content (AvgIpc) is 3.54. The molecule has 6 rings (SSSR count). The largest absolute Gasteiger partial charge is 0.491 e. The molecule has 0 saturated carbocycles. The topological polar surface area (TPSA) is 125 Å². The molecule has 0 spiro atoms. The maximum absolute atomic E-state index is 13.2. The first-order chi connectivity index (χ1) is 24.0. The molecule has 2 aliphatic heterocycles. The van der Waals surface area contributed by atoms with Crippen LogP contribution in [0.2, 0.25) is 5.02 Å². The van der Waals surface area contributed by atoms with Gasteiger partial charge in [-0.05, 0) is 69.3 Å². The highest BCUT2D eigenvalue weighted by atomic mass is 35.5. The molecular formula is C37H40ClN7O4. The van der Waals surface area contributed by atoms with Crippen LogP contribution >= 0.6 is 11.6 Å². The summed E-state index contributed by atoms with van der Waals surface area (Å²) < 4.78 is 17.6. The Hall–Kier alpha value is -4.73. The van der Waals surface area contributed by atoms with Crippen LogP contribution in [-0.2, 0) is 16.1 Å². The van der Waals surface area contributed by atoms with Crippen LogP contribution in [-0.4, -0.2) is 84.8 Å². The lowest BCUT2D eigenvalue weighted by atomic mass is 10.1. The van der Waals surface area contributed by atoms with Crippen molar-refractivity contribution in [3.63, 3.8) is 0 Å². The smallest absolute Gasteiger partial charge is 0.248 e. The molecule has 0 radical (unpaired) electrons. The van der Waals surface area contributed by atoms with Crippen LogP contribution in [0.15, 0.2) is 73.1 Å². The summed E-state index contributed by atoms with van der Waals surface area (Å²) in [4.78, 5) is 26.7. The minimum atomic E-state index is -0.259. The number of carbonyl (C=O) groups is 1. The van der Waals surface area contributed by atoms with Gasteiger partial charge in [0.1, 0.15) is 24.2 Å². The number of rotatable bonds is 13. The normalized spacial score (nSPS) is 16.9. The SMILES string of the molecule is CN1CCCC1/C=C/C(=O)Nc1cc2c(Nc3ccc(OCc4ccccn4)c(Cl)c3)c(C#N)cnc2cc1OCCCN1CCOCC1. The van der Waals surface area contributed by atoms with Gasteiger partial charge in [-0.15, -0.1) is 0 Å². The third-order valence-electron chi connectivity index (χ3n) is 8.68. The Bertz CT molecular complexity index is 1830. The Morgan fingerprint density at radius 2 is 2.00 bits per heavy atom. The number of carbonyl (C=O) groups excluding carboxylic acids is 1. The van der Waals surface area contributed by atoms with Crippen molar-refractivity contribution in [3.8, 4) is 17.6 Å². The van der Waals surface area contributed by atoms with Gasteiger partial charge in [-0.2, -0.15) is 5.26 Å². The van der Waals surface area contributed by atoms with E-state index in [0.29, 0.717) is 56.7 Å². The van der Waals surface area contributed by atoms with Gasteiger partial charge < -0.3 is 24.8 Å². The van der Waals surface area contributed by atoms with Gasteiger partial charge in [0.25, 0.3) is 0 Å². The van der Waals surface area contributed by atoms with Crippen LogP contribution in [0.5, 0.6) is 11.5 Å². The second-order valence-electron chi connectivity index (χ2n) is 12.1. The number of halogens is 1. The second-order valence-corrected chi connectivity index (χ2v) is 12.5. The number of ether oxygens (including phenoxy) is 3. The molecule has 4 aromatic rings. The number of benzene rings is 2. The molecule has 1 unspecified atom stereocenters. The number of fused-ring (bicyclic) bond motifs is 1. The van der Waals surface area contributed by atoms with Crippen molar-refractivity contribution in [2.75, 3.05) is 63.7 Å². The molecule has 11 nitrogen and oxygen atoms in total. The predicted octanol–water partition coefficient (Wildman–Crippen LogP) is 6.17. The number of morpholine rings is 1. The maximum atomic E-state index is 13.2. The van der Waals surface area contributed by atoms with Crippen molar-refractivity contribution in [1.82, 2.24) is 19.8 Å². The number of likely N-dealkylation sites (N-methyl/N-ethyl adjacent to an activating group) is 1. The monoisotopic (exact) mass is 681 g/mol. The van der Waals surface area contributed by atoms with Crippen molar-refractivity contribution in [1.29, 1.82) is 5.26 Å². The van der Waals surface area contributed by atoms with Gasteiger partial charge >= 0.3 is 0 Å². The van der Waals surface area contributed by atoms with E-state index >= 15 is 0 Å². The van der Waals surface area contributed by atoms with Gasteiger partial charge in [-0.25, -0.2) is 0 Å². The molecule has 49 heavy (non-hydrogen) atoms.